The number of nitrogens with zero attached hydrogens (tertiary/aromatic N) is 3. The van der Waals surface area contributed by atoms with Crippen molar-refractivity contribution in [2.24, 2.45) is 0 Å². The third-order valence-corrected chi connectivity index (χ3v) is 4.57. The largest absolute Gasteiger partial charge is 0.439 e. The number of likely N-dealkylation sites (tertiary alicyclic amines) is 1. The highest BCUT2D eigenvalue weighted by molar-refractivity contribution is 7.99. The van der Waals surface area contributed by atoms with Crippen LogP contribution in [0.25, 0.3) is 11.5 Å². The third-order valence-electron chi connectivity index (χ3n) is 3.51. The molecule has 0 saturated carbocycles. The van der Waals surface area contributed by atoms with Crippen LogP contribution in [-0.4, -0.2) is 45.4 Å². The van der Waals surface area contributed by atoms with Gasteiger partial charge in [-0.15, -0.1) is 11.8 Å². The molecular formula is C14H18N4O2S. The predicted molar refractivity (Wildman–Crippen MR) is 81.4 cm³/mol. The molecule has 0 unspecified atom stereocenters. The summed E-state index contributed by atoms with van der Waals surface area (Å²) in [5.74, 6) is 0.899. The van der Waals surface area contributed by atoms with Crippen LogP contribution in [0, 0.1) is 0 Å². The first kappa shape index (κ1) is 14.3. The van der Waals surface area contributed by atoms with Crippen LogP contribution >= 0.6 is 11.8 Å². The fraction of sp³-hybridized carbons (Fsp3) is 0.500. The van der Waals surface area contributed by atoms with Crippen molar-refractivity contribution in [1.29, 1.82) is 0 Å². The minimum Gasteiger partial charge on any atom is -0.303 e. The molecule has 0 bridgehead atoms. The number of thioether (sulfide) groups is 1. The summed E-state index contributed by atoms with van der Waals surface area (Å²) in [6.45, 7) is 3.71. The molecule has 7 heteroatoms. The van der Waals surface area contributed by atoms with Gasteiger partial charge in [0.05, 0.1) is 0 Å². The standard InChI is InChI=1S/C14H18N4O2S/c19-14-16-13(17-20-14)12-5-4-11(10-15-12)21-9-3-8-18-6-1-2-7-18/h4-5,10H,1-3,6-9H2,(H,16,17,19). The molecule has 1 fully saturated rings. The Bertz CT molecular complexity index is 616. The molecule has 0 radical (unpaired) electrons. The lowest BCUT2D eigenvalue weighted by Crippen LogP contribution is -2.20. The molecule has 0 aliphatic carbocycles. The summed E-state index contributed by atoms with van der Waals surface area (Å²) >= 11 is 1.81. The van der Waals surface area contributed by atoms with Crippen molar-refractivity contribution in [3.05, 3.63) is 28.9 Å². The van der Waals surface area contributed by atoms with E-state index >= 15 is 0 Å². The normalized spacial score (nSPS) is 15.6. The number of H-pyrrole nitrogens is 1. The fourth-order valence-electron chi connectivity index (χ4n) is 2.43. The number of pyridine rings is 1. The van der Waals surface area contributed by atoms with Crippen molar-refractivity contribution >= 4 is 11.8 Å². The first-order valence-electron chi connectivity index (χ1n) is 7.19. The second-order valence-corrected chi connectivity index (χ2v) is 6.24. The highest BCUT2D eigenvalue weighted by Crippen LogP contribution is 2.20. The number of aromatic amines is 1. The van der Waals surface area contributed by atoms with E-state index in [-0.39, 0.29) is 0 Å². The van der Waals surface area contributed by atoms with E-state index in [1.54, 1.807) is 0 Å². The van der Waals surface area contributed by atoms with E-state index in [9.17, 15) is 4.79 Å². The lowest BCUT2D eigenvalue weighted by Gasteiger charge is -2.13. The topological polar surface area (TPSA) is 75.0 Å². The number of hydrogen-bond donors (Lipinski definition) is 1. The van der Waals surface area contributed by atoms with Crippen LogP contribution in [0.1, 0.15) is 19.3 Å². The Kier molecular flexibility index (Phi) is 4.72. The zero-order chi connectivity index (χ0) is 14.5. The Morgan fingerprint density at radius 3 is 2.86 bits per heavy atom. The molecular weight excluding hydrogens is 288 g/mol. The van der Waals surface area contributed by atoms with Crippen LogP contribution in [0.2, 0.25) is 0 Å². The highest BCUT2D eigenvalue weighted by atomic mass is 32.2. The van der Waals surface area contributed by atoms with Gasteiger partial charge in [0.1, 0.15) is 5.69 Å². The van der Waals surface area contributed by atoms with Crippen LogP contribution in [0.5, 0.6) is 0 Å². The molecule has 3 rings (SSSR count). The van der Waals surface area contributed by atoms with Gasteiger partial charge in [0, 0.05) is 11.1 Å². The molecule has 1 N–H and O–H groups in total. The first-order chi connectivity index (χ1) is 10.3. The van der Waals surface area contributed by atoms with E-state index < -0.39 is 5.76 Å². The van der Waals surface area contributed by atoms with E-state index in [4.69, 9.17) is 0 Å². The van der Waals surface area contributed by atoms with Crippen LogP contribution in [0.15, 0.2) is 32.5 Å². The Morgan fingerprint density at radius 2 is 2.19 bits per heavy atom. The molecule has 0 amide bonds. The van der Waals surface area contributed by atoms with E-state index in [0.717, 1.165) is 10.6 Å². The Morgan fingerprint density at radius 1 is 1.33 bits per heavy atom. The first-order valence-corrected chi connectivity index (χ1v) is 8.17. The van der Waals surface area contributed by atoms with E-state index in [1.165, 1.54) is 38.9 Å². The zero-order valence-electron chi connectivity index (χ0n) is 11.7. The summed E-state index contributed by atoms with van der Waals surface area (Å²) in [4.78, 5) is 21.3. The lowest BCUT2D eigenvalue weighted by atomic mass is 10.3. The zero-order valence-corrected chi connectivity index (χ0v) is 12.6. The Balaban J connectivity index is 1.47. The average molecular weight is 306 g/mol. The van der Waals surface area contributed by atoms with E-state index in [1.807, 2.05) is 30.1 Å². The van der Waals surface area contributed by atoms with Crippen LogP contribution in [0.3, 0.4) is 0 Å². The molecule has 3 heterocycles. The van der Waals surface area contributed by atoms with Gasteiger partial charge in [-0.05, 0) is 56.8 Å². The maximum absolute atomic E-state index is 10.9. The van der Waals surface area contributed by atoms with Gasteiger partial charge in [0.15, 0.2) is 0 Å². The van der Waals surface area contributed by atoms with Crippen molar-refractivity contribution in [1.82, 2.24) is 20.0 Å². The molecule has 0 spiro atoms. The maximum Gasteiger partial charge on any atom is 0.439 e. The smallest absolute Gasteiger partial charge is 0.303 e. The molecule has 2 aromatic rings. The molecule has 112 valence electrons. The van der Waals surface area contributed by atoms with Gasteiger partial charge in [0.25, 0.3) is 0 Å². The minimum absolute atomic E-state index is 0.366. The quantitative estimate of drug-likeness (QED) is 0.650. The van der Waals surface area contributed by atoms with Crippen LogP contribution in [0.4, 0.5) is 0 Å². The Hall–Kier alpha value is -1.60. The monoisotopic (exact) mass is 306 g/mol. The number of rotatable bonds is 6. The van der Waals surface area contributed by atoms with E-state index in [2.05, 4.69) is 24.5 Å². The number of aromatic nitrogens is 3. The van der Waals surface area contributed by atoms with Crippen LogP contribution < -0.4 is 5.76 Å². The van der Waals surface area contributed by atoms with Crippen molar-refractivity contribution in [2.45, 2.75) is 24.2 Å². The van der Waals surface area contributed by atoms with Crippen molar-refractivity contribution in [3.8, 4) is 11.5 Å². The lowest BCUT2D eigenvalue weighted by molar-refractivity contribution is 0.341. The molecule has 6 nitrogen and oxygen atoms in total. The summed E-state index contributed by atoms with van der Waals surface area (Å²) in [6.07, 6.45) is 5.71. The SMILES string of the molecule is O=c1[nH]c(-c2ccc(SCCCN3CCCC3)cn2)no1. The second-order valence-electron chi connectivity index (χ2n) is 5.07. The molecule has 21 heavy (non-hydrogen) atoms. The Labute approximate surface area is 126 Å². The minimum atomic E-state index is -0.563. The van der Waals surface area contributed by atoms with Crippen molar-refractivity contribution in [2.75, 3.05) is 25.4 Å². The summed E-state index contributed by atoms with van der Waals surface area (Å²) in [7, 11) is 0. The summed E-state index contributed by atoms with van der Waals surface area (Å²) < 4.78 is 4.47. The van der Waals surface area contributed by atoms with Gasteiger partial charge in [-0.1, -0.05) is 5.16 Å². The molecule has 0 aromatic carbocycles. The molecule has 1 aliphatic rings. The molecule has 1 aliphatic heterocycles. The molecule has 0 atom stereocenters. The predicted octanol–water partition coefficient (Wildman–Crippen LogP) is 2.00. The summed E-state index contributed by atoms with van der Waals surface area (Å²) in [5, 5.41) is 3.62. The molecule has 1 saturated heterocycles. The van der Waals surface area contributed by atoms with Crippen molar-refractivity contribution in [3.63, 3.8) is 0 Å². The van der Waals surface area contributed by atoms with Crippen LogP contribution in [-0.2, 0) is 0 Å². The van der Waals surface area contributed by atoms with Crippen molar-refractivity contribution < 1.29 is 4.52 Å². The highest BCUT2D eigenvalue weighted by Gasteiger charge is 2.10. The third kappa shape index (κ3) is 3.95. The summed E-state index contributed by atoms with van der Waals surface area (Å²) in [5.41, 5.74) is 0.613. The van der Waals surface area contributed by atoms with E-state index in [0.29, 0.717) is 11.5 Å². The molecule has 2 aromatic heterocycles. The van der Waals surface area contributed by atoms with Gasteiger partial charge in [-0.2, -0.15) is 0 Å². The van der Waals surface area contributed by atoms with Gasteiger partial charge in [-0.3, -0.25) is 14.5 Å². The van der Waals surface area contributed by atoms with Gasteiger partial charge < -0.3 is 4.90 Å². The van der Waals surface area contributed by atoms with Gasteiger partial charge in [0.2, 0.25) is 5.82 Å². The maximum atomic E-state index is 10.9. The van der Waals surface area contributed by atoms with Gasteiger partial charge in [-0.25, -0.2) is 4.79 Å². The summed E-state index contributed by atoms with van der Waals surface area (Å²) in [6, 6.07) is 3.84. The fourth-order valence-corrected chi connectivity index (χ4v) is 3.23. The number of hydrogen-bond acceptors (Lipinski definition) is 6. The number of nitrogens with one attached hydrogen (secondary N) is 1. The van der Waals surface area contributed by atoms with Gasteiger partial charge >= 0.3 is 5.76 Å². The average Bonchev–Trinajstić information content (AvgIpc) is 3.16. The second kappa shape index (κ2) is 6.91.